The first-order valence-corrected chi connectivity index (χ1v) is 6.11. The quantitative estimate of drug-likeness (QED) is 0.728. The normalized spacial score (nSPS) is 12.7. The molecule has 1 aromatic carbocycles. The monoisotopic (exact) mass is 225 g/mol. The highest BCUT2D eigenvalue weighted by molar-refractivity contribution is 6.30. The zero-order chi connectivity index (χ0) is 11.3. The van der Waals surface area contributed by atoms with Gasteiger partial charge in [-0.2, -0.15) is 0 Å². The number of hydrogen-bond acceptors (Lipinski definition) is 1. The molecule has 0 radical (unpaired) electrons. The summed E-state index contributed by atoms with van der Waals surface area (Å²) in [5.74, 6) is 0.603. The predicted molar refractivity (Wildman–Crippen MR) is 68.4 cm³/mol. The molecule has 0 saturated carbocycles. The lowest BCUT2D eigenvalue weighted by molar-refractivity contribution is 0.570. The molecular formula is C13H20ClN. The summed E-state index contributed by atoms with van der Waals surface area (Å²) < 4.78 is 0. The van der Waals surface area contributed by atoms with E-state index < -0.39 is 0 Å². The van der Waals surface area contributed by atoms with Crippen molar-refractivity contribution in [2.45, 2.75) is 45.4 Å². The molecule has 1 aromatic rings. The van der Waals surface area contributed by atoms with E-state index in [4.69, 9.17) is 17.3 Å². The van der Waals surface area contributed by atoms with Gasteiger partial charge in [0, 0.05) is 10.7 Å². The van der Waals surface area contributed by atoms with Crippen LogP contribution in [-0.2, 0) is 0 Å². The van der Waals surface area contributed by atoms with Crippen LogP contribution in [0, 0.1) is 0 Å². The van der Waals surface area contributed by atoms with E-state index in [9.17, 15) is 0 Å². The third-order valence-electron chi connectivity index (χ3n) is 2.81. The number of anilines is 1. The van der Waals surface area contributed by atoms with Crippen molar-refractivity contribution in [3.8, 4) is 0 Å². The van der Waals surface area contributed by atoms with Crippen molar-refractivity contribution in [1.29, 1.82) is 0 Å². The second-order valence-corrected chi connectivity index (χ2v) is 4.50. The summed E-state index contributed by atoms with van der Waals surface area (Å²) >= 11 is 6.01. The van der Waals surface area contributed by atoms with Gasteiger partial charge in [0.25, 0.3) is 0 Å². The lowest BCUT2D eigenvalue weighted by Gasteiger charge is -2.15. The van der Waals surface area contributed by atoms with Gasteiger partial charge in [0.15, 0.2) is 0 Å². The third-order valence-corrected chi connectivity index (χ3v) is 3.03. The maximum absolute atomic E-state index is 6.01. The van der Waals surface area contributed by atoms with Gasteiger partial charge in [-0.05, 0) is 42.5 Å². The zero-order valence-electron chi connectivity index (χ0n) is 9.59. The highest BCUT2D eigenvalue weighted by Crippen LogP contribution is 2.29. The van der Waals surface area contributed by atoms with Crippen molar-refractivity contribution in [3.63, 3.8) is 0 Å². The van der Waals surface area contributed by atoms with E-state index in [0.29, 0.717) is 5.92 Å². The number of halogens is 1. The van der Waals surface area contributed by atoms with E-state index in [1.54, 1.807) is 6.07 Å². The van der Waals surface area contributed by atoms with E-state index in [0.717, 1.165) is 17.1 Å². The number of benzene rings is 1. The molecule has 0 aromatic heterocycles. The van der Waals surface area contributed by atoms with Crippen LogP contribution in [0.2, 0.25) is 5.02 Å². The molecule has 1 unspecified atom stereocenters. The van der Waals surface area contributed by atoms with Gasteiger partial charge in [0.05, 0.1) is 0 Å². The highest BCUT2D eigenvalue weighted by Gasteiger charge is 2.09. The lowest BCUT2D eigenvalue weighted by Crippen LogP contribution is -1.99. The second kappa shape index (κ2) is 6.02. The minimum atomic E-state index is 0.603. The number of unbranched alkanes of at least 4 members (excludes halogenated alkanes) is 1. The average molecular weight is 226 g/mol. The first-order chi connectivity index (χ1) is 7.17. The van der Waals surface area contributed by atoms with Crippen LogP contribution in [0.1, 0.15) is 51.0 Å². The number of rotatable bonds is 5. The maximum Gasteiger partial charge on any atom is 0.0429 e. The highest BCUT2D eigenvalue weighted by atomic mass is 35.5. The van der Waals surface area contributed by atoms with Crippen LogP contribution in [0.3, 0.4) is 0 Å². The number of nitrogens with two attached hydrogens (primary N) is 1. The molecule has 0 heterocycles. The van der Waals surface area contributed by atoms with Crippen LogP contribution in [0.15, 0.2) is 18.2 Å². The molecule has 0 spiro atoms. The molecule has 0 aliphatic rings. The van der Waals surface area contributed by atoms with Crippen LogP contribution in [0.5, 0.6) is 0 Å². The minimum absolute atomic E-state index is 0.603. The Morgan fingerprint density at radius 2 is 2.00 bits per heavy atom. The second-order valence-electron chi connectivity index (χ2n) is 4.07. The molecule has 2 heteroatoms. The van der Waals surface area contributed by atoms with E-state index in [2.05, 4.69) is 19.9 Å². The molecule has 15 heavy (non-hydrogen) atoms. The fourth-order valence-corrected chi connectivity index (χ4v) is 2.18. The van der Waals surface area contributed by atoms with E-state index >= 15 is 0 Å². The SMILES string of the molecule is CCCCC(CC)c1cc(N)cc(Cl)c1. The Labute approximate surface area is 97.6 Å². The van der Waals surface area contributed by atoms with Crippen LogP contribution in [0.4, 0.5) is 5.69 Å². The van der Waals surface area contributed by atoms with Gasteiger partial charge >= 0.3 is 0 Å². The smallest absolute Gasteiger partial charge is 0.0429 e. The van der Waals surface area contributed by atoms with Crippen molar-refractivity contribution >= 4 is 17.3 Å². The Kier molecular flexibility index (Phi) is 4.97. The Hall–Kier alpha value is -0.690. The predicted octanol–water partition coefficient (Wildman–Crippen LogP) is 4.61. The van der Waals surface area contributed by atoms with Gasteiger partial charge in [0.1, 0.15) is 0 Å². The van der Waals surface area contributed by atoms with E-state index in [-0.39, 0.29) is 0 Å². The Balaban J connectivity index is 2.81. The fraction of sp³-hybridized carbons (Fsp3) is 0.538. The molecule has 1 rings (SSSR count). The molecule has 0 bridgehead atoms. The van der Waals surface area contributed by atoms with Crippen molar-refractivity contribution < 1.29 is 0 Å². The molecule has 1 nitrogen and oxygen atoms in total. The third kappa shape index (κ3) is 3.75. The maximum atomic E-state index is 6.01. The molecule has 2 N–H and O–H groups in total. The van der Waals surface area contributed by atoms with E-state index in [1.165, 1.54) is 24.8 Å². The molecule has 84 valence electrons. The molecule has 0 aliphatic heterocycles. The van der Waals surface area contributed by atoms with Crippen LogP contribution in [-0.4, -0.2) is 0 Å². The van der Waals surface area contributed by atoms with Crippen molar-refractivity contribution in [2.24, 2.45) is 0 Å². The summed E-state index contributed by atoms with van der Waals surface area (Å²) in [6, 6.07) is 5.90. The lowest BCUT2D eigenvalue weighted by atomic mass is 9.91. The molecular weight excluding hydrogens is 206 g/mol. The van der Waals surface area contributed by atoms with Gasteiger partial charge in [-0.1, -0.05) is 38.3 Å². The topological polar surface area (TPSA) is 26.0 Å². The van der Waals surface area contributed by atoms with Gasteiger partial charge < -0.3 is 5.73 Å². The number of hydrogen-bond donors (Lipinski definition) is 1. The molecule has 0 amide bonds. The summed E-state index contributed by atoms with van der Waals surface area (Å²) in [6.07, 6.45) is 4.89. The van der Waals surface area contributed by atoms with Gasteiger partial charge in [-0.25, -0.2) is 0 Å². The molecule has 0 fully saturated rings. The fourth-order valence-electron chi connectivity index (χ4n) is 1.93. The Bertz CT molecular complexity index is 289. The summed E-state index contributed by atoms with van der Waals surface area (Å²) in [6.45, 7) is 4.44. The van der Waals surface area contributed by atoms with Crippen LogP contribution >= 0.6 is 11.6 Å². The van der Waals surface area contributed by atoms with Gasteiger partial charge in [-0.15, -0.1) is 0 Å². The summed E-state index contributed by atoms with van der Waals surface area (Å²) in [5, 5.41) is 0.750. The summed E-state index contributed by atoms with van der Waals surface area (Å²) in [4.78, 5) is 0. The summed E-state index contributed by atoms with van der Waals surface area (Å²) in [7, 11) is 0. The van der Waals surface area contributed by atoms with Crippen molar-refractivity contribution in [2.75, 3.05) is 5.73 Å². The Morgan fingerprint density at radius 3 is 2.53 bits per heavy atom. The van der Waals surface area contributed by atoms with Crippen molar-refractivity contribution in [3.05, 3.63) is 28.8 Å². The summed E-state index contributed by atoms with van der Waals surface area (Å²) in [5.41, 5.74) is 7.85. The molecule has 0 saturated heterocycles. The average Bonchev–Trinajstić information content (AvgIpc) is 2.17. The first-order valence-electron chi connectivity index (χ1n) is 5.73. The van der Waals surface area contributed by atoms with E-state index in [1.807, 2.05) is 6.07 Å². The Morgan fingerprint density at radius 1 is 1.27 bits per heavy atom. The number of nitrogen functional groups attached to an aromatic ring is 1. The molecule has 1 atom stereocenters. The molecule has 0 aliphatic carbocycles. The van der Waals surface area contributed by atoms with Gasteiger partial charge in [-0.3, -0.25) is 0 Å². The largest absolute Gasteiger partial charge is 0.399 e. The zero-order valence-corrected chi connectivity index (χ0v) is 10.3. The van der Waals surface area contributed by atoms with Crippen LogP contribution < -0.4 is 5.73 Å². The van der Waals surface area contributed by atoms with Gasteiger partial charge in [0.2, 0.25) is 0 Å². The minimum Gasteiger partial charge on any atom is -0.399 e. The standard InChI is InChI=1S/C13H20ClN/c1-3-5-6-10(4-2)11-7-12(14)9-13(15)8-11/h7-10H,3-6,15H2,1-2H3. The van der Waals surface area contributed by atoms with Crippen molar-refractivity contribution in [1.82, 2.24) is 0 Å². The van der Waals surface area contributed by atoms with Crippen LogP contribution in [0.25, 0.3) is 0 Å². The first kappa shape index (κ1) is 12.4.